The summed E-state index contributed by atoms with van der Waals surface area (Å²) in [6, 6.07) is 10.2. The Morgan fingerprint density at radius 1 is 1.16 bits per heavy atom. The Bertz CT molecular complexity index is 540. The average Bonchev–Trinajstić information content (AvgIpc) is 2.82. The largest absolute Gasteiger partial charge is 0.388 e. The van der Waals surface area contributed by atoms with Crippen LogP contribution in [0.15, 0.2) is 30.3 Å². The van der Waals surface area contributed by atoms with Crippen molar-refractivity contribution in [2.75, 3.05) is 0 Å². The smallest absolute Gasteiger partial charge is 0.159 e. The van der Waals surface area contributed by atoms with Gasteiger partial charge in [0.2, 0.25) is 0 Å². The third kappa shape index (κ3) is 2.68. The van der Waals surface area contributed by atoms with Gasteiger partial charge in [-0.2, -0.15) is 0 Å². The molecule has 2 aromatic rings. The van der Waals surface area contributed by atoms with Crippen LogP contribution in [0.25, 0.3) is 0 Å². The van der Waals surface area contributed by atoms with E-state index in [1.54, 1.807) is 0 Å². The summed E-state index contributed by atoms with van der Waals surface area (Å²) in [7, 11) is 0. The molecule has 0 fully saturated rings. The van der Waals surface area contributed by atoms with E-state index in [4.69, 9.17) is 0 Å². The van der Waals surface area contributed by atoms with E-state index in [9.17, 15) is 5.11 Å². The molecule has 1 aromatic heterocycles. The molecule has 1 aromatic carbocycles. The predicted octanol–water partition coefficient (Wildman–Crippen LogP) is 2.68. The Labute approximate surface area is 114 Å². The molecular formula is C15H21N3O. The molecule has 0 aliphatic carbocycles. The molecule has 0 aliphatic rings. The van der Waals surface area contributed by atoms with Gasteiger partial charge >= 0.3 is 0 Å². The van der Waals surface area contributed by atoms with Crippen LogP contribution in [-0.4, -0.2) is 19.9 Å². The zero-order valence-electron chi connectivity index (χ0n) is 12.0. The number of nitrogens with zero attached hydrogens (tertiary/aromatic N) is 3. The number of aromatic nitrogens is 3. The number of hydrogen-bond donors (Lipinski definition) is 1. The first-order valence-corrected chi connectivity index (χ1v) is 6.55. The van der Waals surface area contributed by atoms with E-state index in [1.807, 2.05) is 22.8 Å². The van der Waals surface area contributed by atoms with Gasteiger partial charge in [-0.3, -0.25) is 0 Å². The minimum atomic E-state index is -0.153. The van der Waals surface area contributed by atoms with Gasteiger partial charge in [0, 0.05) is 11.5 Å². The highest BCUT2D eigenvalue weighted by Crippen LogP contribution is 2.27. The third-order valence-corrected chi connectivity index (χ3v) is 3.25. The lowest BCUT2D eigenvalue weighted by molar-refractivity contribution is 0.247. The van der Waals surface area contributed by atoms with Crippen molar-refractivity contribution in [2.24, 2.45) is 0 Å². The van der Waals surface area contributed by atoms with Crippen molar-refractivity contribution in [3.8, 4) is 0 Å². The summed E-state index contributed by atoms with van der Waals surface area (Å²) < 4.78 is 2.03. The molecule has 0 saturated carbocycles. The molecular weight excluding hydrogens is 238 g/mol. The maximum atomic E-state index is 9.42. The van der Waals surface area contributed by atoms with Crippen LogP contribution < -0.4 is 0 Å². The first-order valence-electron chi connectivity index (χ1n) is 6.55. The van der Waals surface area contributed by atoms with Gasteiger partial charge in [0.25, 0.3) is 0 Å². The lowest BCUT2D eigenvalue weighted by Crippen LogP contribution is -2.27. The summed E-state index contributed by atoms with van der Waals surface area (Å²) in [6.45, 7) is 8.30. The molecule has 0 saturated heterocycles. The van der Waals surface area contributed by atoms with Crippen LogP contribution in [0.1, 0.15) is 50.8 Å². The van der Waals surface area contributed by atoms with E-state index in [1.165, 1.54) is 5.56 Å². The van der Waals surface area contributed by atoms with Crippen molar-refractivity contribution >= 4 is 0 Å². The van der Waals surface area contributed by atoms with Crippen LogP contribution in [0.4, 0.5) is 0 Å². The van der Waals surface area contributed by atoms with Crippen molar-refractivity contribution in [1.82, 2.24) is 14.8 Å². The monoisotopic (exact) mass is 259 g/mol. The lowest BCUT2D eigenvalue weighted by Gasteiger charge is -2.26. The van der Waals surface area contributed by atoms with Crippen LogP contribution >= 0.6 is 0 Å². The zero-order chi connectivity index (χ0) is 14.0. The number of rotatable bonds is 3. The Morgan fingerprint density at radius 3 is 2.32 bits per heavy atom. The SMILES string of the molecule is CC(c1ccccc1)c1nnc(CO)n1C(C)(C)C. The van der Waals surface area contributed by atoms with Gasteiger partial charge in [0.15, 0.2) is 5.82 Å². The fourth-order valence-corrected chi connectivity index (χ4v) is 2.33. The Hall–Kier alpha value is -1.68. The topological polar surface area (TPSA) is 50.9 Å². The summed E-state index contributed by atoms with van der Waals surface area (Å²) in [5.41, 5.74) is 1.05. The molecule has 1 heterocycles. The van der Waals surface area contributed by atoms with Gasteiger partial charge in [-0.1, -0.05) is 37.3 Å². The summed E-state index contributed by atoms with van der Waals surface area (Å²) in [6.07, 6.45) is 0. The fraction of sp³-hybridized carbons (Fsp3) is 0.467. The maximum absolute atomic E-state index is 9.42. The summed E-state index contributed by atoms with van der Waals surface area (Å²) >= 11 is 0. The van der Waals surface area contributed by atoms with Crippen LogP contribution in [0, 0.1) is 0 Å². The van der Waals surface area contributed by atoms with Gasteiger partial charge in [0.1, 0.15) is 12.4 Å². The second kappa shape index (κ2) is 5.13. The first kappa shape index (κ1) is 13.7. The maximum Gasteiger partial charge on any atom is 0.159 e. The fourth-order valence-electron chi connectivity index (χ4n) is 2.33. The van der Waals surface area contributed by atoms with Gasteiger partial charge < -0.3 is 9.67 Å². The molecule has 0 aliphatic heterocycles. The van der Waals surface area contributed by atoms with E-state index >= 15 is 0 Å². The predicted molar refractivity (Wildman–Crippen MR) is 74.9 cm³/mol. The van der Waals surface area contributed by atoms with E-state index < -0.39 is 0 Å². The summed E-state index contributed by atoms with van der Waals surface area (Å²) in [5, 5.41) is 17.8. The second-order valence-corrected chi connectivity index (χ2v) is 5.77. The molecule has 19 heavy (non-hydrogen) atoms. The molecule has 4 nitrogen and oxygen atoms in total. The van der Waals surface area contributed by atoms with Crippen molar-refractivity contribution in [3.05, 3.63) is 47.5 Å². The van der Waals surface area contributed by atoms with E-state index in [-0.39, 0.29) is 18.1 Å². The normalized spacial score (nSPS) is 13.5. The van der Waals surface area contributed by atoms with E-state index in [0.717, 1.165) is 5.82 Å². The van der Waals surface area contributed by atoms with Crippen LogP contribution in [-0.2, 0) is 12.1 Å². The molecule has 1 N–H and O–H groups in total. The summed E-state index contributed by atoms with van der Waals surface area (Å²) in [5.74, 6) is 1.65. The standard InChI is InChI=1S/C15H21N3O/c1-11(12-8-6-5-7-9-12)14-17-16-13(10-19)18(14)15(2,3)4/h5-9,11,19H,10H2,1-4H3. The number of benzene rings is 1. The third-order valence-electron chi connectivity index (χ3n) is 3.25. The molecule has 1 atom stereocenters. The van der Waals surface area contributed by atoms with E-state index in [0.29, 0.717) is 5.82 Å². The summed E-state index contributed by atoms with van der Waals surface area (Å²) in [4.78, 5) is 0. The molecule has 0 radical (unpaired) electrons. The van der Waals surface area contributed by atoms with Crippen molar-refractivity contribution in [2.45, 2.75) is 45.8 Å². The molecule has 1 unspecified atom stereocenters. The van der Waals surface area contributed by atoms with Gasteiger partial charge in [-0.25, -0.2) is 0 Å². The van der Waals surface area contributed by atoms with Crippen LogP contribution in [0.3, 0.4) is 0 Å². The quantitative estimate of drug-likeness (QED) is 0.922. The van der Waals surface area contributed by atoms with Crippen LogP contribution in [0.5, 0.6) is 0 Å². The van der Waals surface area contributed by atoms with Crippen molar-refractivity contribution in [1.29, 1.82) is 0 Å². The molecule has 4 heteroatoms. The van der Waals surface area contributed by atoms with Gasteiger partial charge in [-0.15, -0.1) is 10.2 Å². The highest BCUT2D eigenvalue weighted by Gasteiger charge is 2.26. The Morgan fingerprint density at radius 2 is 1.79 bits per heavy atom. The molecule has 0 spiro atoms. The highest BCUT2D eigenvalue weighted by molar-refractivity contribution is 5.25. The molecule has 102 valence electrons. The molecule has 0 bridgehead atoms. The lowest BCUT2D eigenvalue weighted by atomic mass is 9.98. The second-order valence-electron chi connectivity index (χ2n) is 5.77. The minimum Gasteiger partial charge on any atom is -0.388 e. The number of aliphatic hydroxyl groups is 1. The average molecular weight is 259 g/mol. The van der Waals surface area contributed by atoms with Gasteiger partial charge in [0.05, 0.1) is 0 Å². The number of aliphatic hydroxyl groups excluding tert-OH is 1. The Balaban J connectivity index is 2.49. The van der Waals surface area contributed by atoms with Crippen molar-refractivity contribution in [3.63, 3.8) is 0 Å². The van der Waals surface area contributed by atoms with Crippen LogP contribution in [0.2, 0.25) is 0 Å². The molecule has 0 amide bonds. The highest BCUT2D eigenvalue weighted by atomic mass is 16.3. The van der Waals surface area contributed by atoms with Crippen molar-refractivity contribution < 1.29 is 5.11 Å². The molecule has 2 rings (SSSR count). The first-order chi connectivity index (χ1) is 8.95. The number of hydrogen-bond acceptors (Lipinski definition) is 3. The van der Waals surface area contributed by atoms with E-state index in [2.05, 4.69) is 50.0 Å². The Kier molecular flexibility index (Phi) is 3.71. The zero-order valence-corrected chi connectivity index (χ0v) is 12.0. The van der Waals surface area contributed by atoms with Gasteiger partial charge in [-0.05, 0) is 26.3 Å². The minimum absolute atomic E-state index is 0.0915.